The summed E-state index contributed by atoms with van der Waals surface area (Å²) in [5.74, 6) is -1.04. The molecule has 0 spiro atoms. The highest BCUT2D eigenvalue weighted by Crippen LogP contribution is 2.14. The molecule has 4 nitrogen and oxygen atoms in total. The third-order valence-electron chi connectivity index (χ3n) is 2.02. The van der Waals surface area contributed by atoms with E-state index in [1.54, 1.807) is 12.1 Å². The Morgan fingerprint density at radius 1 is 1.29 bits per heavy atom. The molecule has 0 fully saturated rings. The lowest BCUT2D eigenvalue weighted by Gasteiger charge is -2.07. The number of esters is 1. The normalized spacial score (nSPS) is 10.9. The van der Waals surface area contributed by atoms with E-state index in [1.807, 2.05) is 6.92 Å². The molecule has 0 saturated heterocycles. The van der Waals surface area contributed by atoms with Gasteiger partial charge in [0.1, 0.15) is 11.5 Å². The number of aryl methyl sites for hydroxylation is 1. The first-order valence-corrected chi connectivity index (χ1v) is 6.62. The maximum atomic E-state index is 11.9. The summed E-state index contributed by atoms with van der Waals surface area (Å²) < 4.78 is 28.4. The zero-order valence-electron chi connectivity index (χ0n) is 9.76. The lowest BCUT2D eigenvalue weighted by Crippen LogP contribution is -2.12. The van der Waals surface area contributed by atoms with Gasteiger partial charge < -0.3 is 4.74 Å². The smallest absolute Gasteiger partial charge is 0.307 e. The number of rotatable bonds is 4. The molecule has 0 aliphatic carbocycles. The Labute approximate surface area is 101 Å². The lowest BCUT2D eigenvalue weighted by molar-refractivity contribution is -0.136. The van der Waals surface area contributed by atoms with Crippen LogP contribution in [0.3, 0.4) is 0 Å². The molecule has 0 aromatic heterocycles. The van der Waals surface area contributed by atoms with Crippen LogP contribution < -0.4 is 0 Å². The van der Waals surface area contributed by atoms with Gasteiger partial charge in [0.05, 0.1) is 4.90 Å². The third kappa shape index (κ3) is 4.03. The van der Waals surface area contributed by atoms with Crippen molar-refractivity contribution in [3.63, 3.8) is 0 Å². The van der Waals surface area contributed by atoms with Crippen LogP contribution in [0.2, 0.25) is 0 Å². The number of hydrogen-bond donors (Lipinski definition) is 0. The molecule has 0 unspecified atom stereocenters. The Morgan fingerprint density at radius 2 is 1.82 bits per heavy atom. The van der Waals surface area contributed by atoms with Crippen molar-refractivity contribution in [1.29, 1.82) is 0 Å². The Kier molecular flexibility index (Phi) is 4.07. The molecule has 0 N–H and O–H groups in total. The highest BCUT2D eigenvalue weighted by Gasteiger charge is 2.17. The maximum Gasteiger partial charge on any atom is 0.307 e. The van der Waals surface area contributed by atoms with E-state index in [4.69, 9.17) is 0 Å². The molecule has 0 amide bonds. The van der Waals surface area contributed by atoms with Gasteiger partial charge in [0.2, 0.25) is 0 Å². The van der Waals surface area contributed by atoms with Gasteiger partial charge in [-0.2, -0.15) is 0 Å². The molecule has 5 heteroatoms. The molecule has 1 aromatic carbocycles. The second-order valence-electron chi connectivity index (χ2n) is 3.70. The van der Waals surface area contributed by atoms with Gasteiger partial charge in [-0.05, 0) is 19.1 Å². The molecule has 0 aliphatic heterocycles. The SMILES string of the molecule is C=C(CS(=O)(=O)c1ccc(C)cc1)OC(C)=O. The standard InChI is InChI=1S/C12H14O4S/c1-9-4-6-12(7-5-9)17(14,15)8-10(2)16-11(3)13/h4-7H,2,8H2,1,3H3. The van der Waals surface area contributed by atoms with Crippen molar-refractivity contribution >= 4 is 15.8 Å². The van der Waals surface area contributed by atoms with E-state index < -0.39 is 21.6 Å². The highest BCUT2D eigenvalue weighted by atomic mass is 32.2. The van der Waals surface area contributed by atoms with E-state index in [0.717, 1.165) is 5.56 Å². The fraction of sp³-hybridized carbons (Fsp3) is 0.250. The Morgan fingerprint density at radius 3 is 2.29 bits per heavy atom. The van der Waals surface area contributed by atoms with Gasteiger partial charge in [0.25, 0.3) is 0 Å². The molecule has 92 valence electrons. The zero-order chi connectivity index (χ0) is 13.1. The van der Waals surface area contributed by atoms with E-state index in [1.165, 1.54) is 19.1 Å². The summed E-state index contributed by atoms with van der Waals surface area (Å²) >= 11 is 0. The Hall–Kier alpha value is -1.62. The average Bonchev–Trinajstić information content (AvgIpc) is 2.15. The highest BCUT2D eigenvalue weighted by molar-refractivity contribution is 7.91. The van der Waals surface area contributed by atoms with Gasteiger partial charge in [-0.1, -0.05) is 24.3 Å². The van der Waals surface area contributed by atoms with Crippen molar-refractivity contribution < 1.29 is 17.9 Å². The van der Waals surface area contributed by atoms with Crippen LogP contribution in [-0.2, 0) is 19.4 Å². The fourth-order valence-corrected chi connectivity index (χ4v) is 2.47. The van der Waals surface area contributed by atoms with Gasteiger partial charge in [-0.3, -0.25) is 4.79 Å². The van der Waals surface area contributed by atoms with Crippen LogP contribution in [0.5, 0.6) is 0 Å². The van der Waals surface area contributed by atoms with Gasteiger partial charge in [-0.25, -0.2) is 8.42 Å². The van der Waals surface area contributed by atoms with Gasteiger partial charge >= 0.3 is 5.97 Å². The van der Waals surface area contributed by atoms with Gasteiger partial charge in [-0.15, -0.1) is 0 Å². The number of carbonyl (C=O) groups is 1. The molecule has 1 aromatic rings. The van der Waals surface area contributed by atoms with Crippen LogP contribution >= 0.6 is 0 Å². The number of hydrogen-bond acceptors (Lipinski definition) is 4. The van der Waals surface area contributed by atoms with Crippen LogP contribution in [0.25, 0.3) is 0 Å². The summed E-state index contributed by atoms with van der Waals surface area (Å²) in [5.41, 5.74) is 0.975. The Bertz CT molecular complexity index is 526. The van der Waals surface area contributed by atoms with E-state index in [0.29, 0.717) is 0 Å². The first kappa shape index (κ1) is 13.4. The van der Waals surface area contributed by atoms with Crippen molar-refractivity contribution in [3.8, 4) is 0 Å². The van der Waals surface area contributed by atoms with Crippen LogP contribution in [-0.4, -0.2) is 20.1 Å². The predicted molar refractivity (Wildman–Crippen MR) is 64.1 cm³/mol. The molecule has 0 aliphatic rings. The maximum absolute atomic E-state index is 11.9. The largest absolute Gasteiger partial charge is 0.431 e. The second kappa shape index (κ2) is 5.14. The van der Waals surface area contributed by atoms with E-state index >= 15 is 0 Å². The molecule has 0 heterocycles. The second-order valence-corrected chi connectivity index (χ2v) is 5.69. The monoisotopic (exact) mass is 254 g/mol. The molecule has 1 rings (SSSR count). The topological polar surface area (TPSA) is 60.4 Å². The van der Waals surface area contributed by atoms with Gasteiger partial charge in [0.15, 0.2) is 9.84 Å². The van der Waals surface area contributed by atoms with Crippen molar-refractivity contribution in [2.24, 2.45) is 0 Å². The van der Waals surface area contributed by atoms with Crippen molar-refractivity contribution in [3.05, 3.63) is 42.2 Å². The predicted octanol–water partition coefficient (Wildman–Crippen LogP) is 1.85. The number of ether oxygens (including phenoxy) is 1. The van der Waals surface area contributed by atoms with Gasteiger partial charge in [0, 0.05) is 6.92 Å². The third-order valence-corrected chi connectivity index (χ3v) is 3.71. The lowest BCUT2D eigenvalue weighted by atomic mass is 10.2. The number of carbonyl (C=O) groups excluding carboxylic acids is 1. The van der Waals surface area contributed by atoms with Crippen LogP contribution in [0.4, 0.5) is 0 Å². The average molecular weight is 254 g/mol. The van der Waals surface area contributed by atoms with Crippen molar-refractivity contribution in [2.75, 3.05) is 5.75 Å². The summed E-state index contributed by atoms with van der Waals surface area (Å²) in [7, 11) is -3.50. The van der Waals surface area contributed by atoms with E-state index in [9.17, 15) is 13.2 Å². The molecular formula is C12H14O4S. The number of benzene rings is 1. The molecule has 0 atom stereocenters. The summed E-state index contributed by atoms with van der Waals surface area (Å²) in [6.45, 7) is 6.47. The number of sulfone groups is 1. The fourth-order valence-electron chi connectivity index (χ4n) is 1.27. The Balaban J connectivity index is 2.86. The summed E-state index contributed by atoms with van der Waals surface area (Å²) in [5, 5.41) is 0. The first-order chi connectivity index (χ1) is 7.81. The van der Waals surface area contributed by atoms with Crippen LogP contribution in [0.1, 0.15) is 12.5 Å². The minimum Gasteiger partial charge on any atom is -0.431 e. The summed E-state index contributed by atoms with van der Waals surface area (Å²) in [6.07, 6.45) is 0. The van der Waals surface area contributed by atoms with Crippen LogP contribution in [0.15, 0.2) is 41.5 Å². The van der Waals surface area contributed by atoms with Crippen molar-refractivity contribution in [1.82, 2.24) is 0 Å². The molecule has 0 saturated carbocycles. The van der Waals surface area contributed by atoms with Crippen molar-refractivity contribution in [2.45, 2.75) is 18.7 Å². The van der Waals surface area contributed by atoms with Crippen LogP contribution in [0, 0.1) is 6.92 Å². The quantitative estimate of drug-likeness (QED) is 0.607. The summed E-state index contributed by atoms with van der Waals surface area (Å²) in [4.78, 5) is 10.8. The van der Waals surface area contributed by atoms with E-state index in [-0.39, 0.29) is 10.7 Å². The zero-order valence-corrected chi connectivity index (χ0v) is 10.6. The minimum atomic E-state index is -3.50. The molecule has 0 bridgehead atoms. The minimum absolute atomic E-state index is 0.0712. The molecular weight excluding hydrogens is 240 g/mol. The summed E-state index contributed by atoms with van der Waals surface area (Å²) in [6, 6.07) is 6.46. The first-order valence-electron chi connectivity index (χ1n) is 4.97. The molecule has 17 heavy (non-hydrogen) atoms. The van der Waals surface area contributed by atoms with E-state index in [2.05, 4.69) is 11.3 Å². The molecule has 0 radical (unpaired) electrons.